The number of carbonyl (C=O) groups excluding carboxylic acids is 1. The summed E-state index contributed by atoms with van der Waals surface area (Å²) in [6.45, 7) is 3.46. The molecular formula is C9H11NO2. The Morgan fingerprint density at radius 2 is 2.00 bits per heavy atom. The summed E-state index contributed by atoms with van der Waals surface area (Å²) in [4.78, 5) is 10.8. The molecule has 0 aliphatic heterocycles. The van der Waals surface area contributed by atoms with E-state index in [2.05, 4.69) is 0 Å². The first-order chi connectivity index (χ1) is 5.52. The summed E-state index contributed by atoms with van der Waals surface area (Å²) in [7, 11) is 0. The Labute approximate surface area is 70.8 Å². The van der Waals surface area contributed by atoms with Crippen LogP contribution in [0.2, 0.25) is 0 Å². The van der Waals surface area contributed by atoms with Crippen molar-refractivity contribution >= 4 is 5.91 Å². The number of aromatic hydroxyl groups is 1. The molecule has 64 valence electrons. The molecule has 12 heavy (non-hydrogen) atoms. The van der Waals surface area contributed by atoms with Crippen LogP contribution in [-0.2, 0) is 0 Å². The maximum Gasteiger partial charge on any atom is 0.249 e. The van der Waals surface area contributed by atoms with Crippen LogP contribution in [0.3, 0.4) is 0 Å². The van der Waals surface area contributed by atoms with Crippen molar-refractivity contribution in [2.45, 2.75) is 13.8 Å². The molecule has 3 N–H and O–H groups in total. The zero-order chi connectivity index (χ0) is 9.30. The van der Waals surface area contributed by atoms with E-state index in [1.165, 1.54) is 0 Å². The van der Waals surface area contributed by atoms with E-state index in [9.17, 15) is 9.90 Å². The number of nitrogens with two attached hydrogens (primary N) is 1. The lowest BCUT2D eigenvalue weighted by molar-refractivity contribution is 0.0999. The SMILES string of the molecule is Cc1cc(O)c(C)c(C(N)=O)c1. The van der Waals surface area contributed by atoms with Gasteiger partial charge in [-0.2, -0.15) is 0 Å². The second-order valence-electron chi connectivity index (χ2n) is 2.82. The Hall–Kier alpha value is -1.51. The van der Waals surface area contributed by atoms with Gasteiger partial charge < -0.3 is 10.8 Å². The number of hydrogen-bond donors (Lipinski definition) is 2. The van der Waals surface area contributed by atoms with Crippen LogP contribution in [0.4, 0.5) is 0 Å². The van der Waals surface area contributed by atoms with Crippen molar-refractivity contribution in [2.75, 3.05) is 0 Å². The quantitative estimate of drug-likeness (QED) is 0.654. The molecular weight excluding hydrogens is 154 g/mol. The third kappa shape index (κ3) is 1.39. The molecule has 0 aromatic heterocycles. The molecule has 3 nitrogen and oxygen atoms in total. The van der Waals surface area contributed by atoms with Gasteiger partial charge in [0, 0.05) is 11.1 Å². The van der Waals surface area contributed by atoms with E-state index >= 15 is 0 Å². The standard InChI is InChI=1S/C9H11NO2/c1-5-3-7(9(10)12)6(2)8(11)4-5/h3-4,11H,1-2H3,(H2,10,12). The molecule has 0 heterocycles. The number of rotatable bonds is 1. The number of hydrogen-bond acceptors (Lipinski definition) is 2. The highest BCUT2D eigenvalue weighted by Gasteiger charge is 2.08. The van der Waals surface area contributed by atoms with E-state index in [0.29, 0.717) is 11.1 Å². The first-order valence-electron chi connectivity index (χ1n) is 3.62. The molecule has 1 aromatic rings. The molecule has 0 saturated heterocycles. The zero-order valence-electron chi connectivity index (χ0n) is 7.09. The van der Waals surface area contributed by atoms with Crippen LogP contribution < -0.4 is 5.73 Å². The highest BCUT2D eigenvalue weighted by Crippen LogP contribution is 2.21. The lowest BCUT2D eigenvalue weighted by atomic mass is 10.0. The fraction of sp³-hybridized carbons (Fsp3) is 0.222. The summed E-state index contributed by atoms with van der Waals surface area (Å²) in [5.74, 6) is -0.393. The number of amides is 1. The Kier molecular flexibility index (Phi) is 2.04. The number of primary amides is 1. The van der Waals surface area contributed by atoms with E-state index in [0.717, 1.165) is 5.56 Å². The van der Waals surface area contributed by atoms with Gasteiger partial charge in [0.25, 0.3) is 0 Å². The summed E-state index contributed by atoms with van der Waals surface area (Å²) in [5, 5.41) is 9.32. The average Bonchev–Trinajstić information content (AvgIpc) is 1.96. The first-order valence-corrected chi connectivity index (χ1v) is 3.62. The van der Waals surface area contributed by atoms with E-state index in [4.69, 9.17) is 5.73 Å². The van der Waals surface area contributed by atoms with Crippen LogP contribution in [0.15, 0.2) is 12.1 Å². The van der Waals surface area contributed by atoms with E-state index in [1.54, 1.807) is 26.0 Å². The summed E-state index contributed by atoms with van der Waals surface area (Å²) >= 11 is 0. The summed E-state index contributed by atoms with van der Waals surface area (Å²) in [5.41, 5.74) is 6.85. The Bertz CT molecular complexity index is 332. The van der Waals surface area contributed by atoms with Gasteiger partial charge >= 0.3 is 0 Å². The highest BCUT2D eigenvalue weighted by atomic mass is 16.3. The smallest absolute Gasteiger partial charge is 0.249 e. The summed E-state index contributed by atoms with van der Waals surface area (Å²) in [6, 6.07) is 3.26. The maximum absolute atomic E-state index is 10.8. The van der Waals surface area contributed by atoms with Crippen LogP contribution in [-0.4, -0.2) is 11.0 Å². The monoisotopic (exact) mass is 165 g/mol. The molecule has 1 aromatic carbocycles. The molecule has 0 aliphatic carbocycles. The largest absolute Gasteiger partial charge is 0.508 e. The summed E-state index contributed by atoms with van der Waals surface area (Å²) in [6.07, 6.45) is 0. The molecule has 0 fully saturated rings. The van der Waals surface area contributed by atoms with Crippen molar-refractivity contribution < 1.29 is 9.90 Å². The molecule has 1 rings (SSSR count). The van der Waals surface area contributed by atoms with Crippen LogP contribution in [0.25, 0.3) is 0 Å². The molecule has 3 heteroatoms. The molecule has 0 unspecified atom stereocenters. The Balaban J connectivity index is 3.37. The van der Waals surface area contributed by atoms with Crippen molar-refractivity contribution in [3.05, 3.63) is 28.8 Å². The third-order valence-electron chi connectivity index (χ3n) is 1.79. The predicted molar refractivity (Wildman–Crippen MR) is 46.1 cm³/mol. The molecule has 0 aliphatic rings. The van der Waals surface area contributed by atoms with Gasteiger partial charge in [-0.3, -0.25) is 4.79 Å². The van der Waals surface area contributed by atoms with E-state index < -0.39 is 5.91 Å². The maximum atomic E-state index is 10.8. The normalized spacial score (nSPS) is 9.83. The van der Waals surface area contributed by atoms with Crippen molar-refractivity contribution in [2.24, 2.45) is 5.73 Å². The van der Waals surface area contributed by atoms with Crippen LogP contribution in [0.1, 0.15) is 21.5 Å². The van der Waals surface area contributed by atoms with Crippen molar-refractivity contribution in [3.8, 4) is 5.75 Å². The number of phenols is 1. The van der Waals surface area contributed by atoms with Crippen LogP contribution in [0.5, 0.6) is 5.75 Å². The van der Waals surface area contributed by atoms with Crippen molar-refractivity contribution in [3.63, 3.8) is 0 Å². The van der Waals surface area contributed by atoms with Gasteiger partial charge in [0.05, 0.1) is 0 Å². The Morgan fingerprint density at radius 1 is 1.42 bits per heavy atom. The van der Waals surface area contributed by atoms with Gasteiger partial charge in [-0.25, -0.2) is 0 Å². The minimum atomic E-state index is -0.508. The van der Waals surface area contributed by atoms with Crippen molar-refractivity contribution in [1.29, 1.82) is 0 Å². The van der Waals surface area contributed by atoms with E-state index in [-0.39, 0.29) is 5.75 Å². The number of phenolic OH excluding ortho intramolecular Hbond substituents is 1. The number of carbonyl (C=O) groups is 1. The summed E-state index contributed by atoms with van der Waals surface area (Å²) < 4.78 is 0. The third-order valence-corrected chi connectivity index (χ3v) is 1.79. The lowest BCUT2D eigenvalue weighted by Gasteiger charge is -2.05. The lowest BCUT2D eigenvalue weighted by Crippen LogP contribution is -2.12. The fourth-order valence-corrected chi connectivity index (χ4v) is 1.10. The molecule has 0 bridgehead atoms. The van der Waals surface area contributed by atoms with Gasteiger partial charge in [0.15, 0.2) is 0 Å². The molecule has 0 radical (unpaired) electrons. The molecule has 0 spiro atoms. The Morgan fingerprint density at radius 3 is 2.50 bits per heavy atom. The number of aryl methyl sites for hydroxylation is 1. The van der Waals surface area contributed by atoms with Gasteiger partial charge in [-0.05, 0) is 31.5 Å². The van der Waals surface area contributed by atoms with Gasteiger partial charge in [-0.1, -0.05) is 0 Å². The fourth-order valence-electron chi connectivity index (χ4n) is 1.10. The van der Waals surface area contributed by atoms with Gasteiger partial charge in [-0.15, -0.1) is 0 Å². The van der Waals surface area contributed by atoms with Gasteiger partial charge in [0.1, 0.15) is 5.75 Å². The topological polar surface area (TPSA) is 63.3 Å². The van der Waals surface area contributed by atoms with Crippen LogP contribution >= 0.6 is 0 Å². The minimum absolute atomic E-state index is 0.115. The first kappa shape index (κ1) is 8.59. The van der Waals surface area contributed by atoms with E-state index in [1.807, 2.05) is 0 Å². The molecule has 0 atom stereocenters. The second-order valence-corrected chi connectivity index (χ2v) is 2.82. The predicted octanol–water partition coefficient (Wildman–Crippen LogP) is 1.11. The zero-order valence-corrected chi connectivity index (χ0v) is 7.09. The molecule has 1 amide bonds. The van der Waals surface area contributed by atoms with Crippen LogP contribution in [0, 0.1) is 13.8 Å². The average molecular weight is 165 g/mol. The minimum Gasteiger partial charge on any atom is -0.508 e. The molecule has 0 saturated carbocycles. The highest BCUT2D eigenvalue weighted by molar-refractivity contribution is 5.95. The second kappa shape index (κ2) is 2.85. The van der Waals surface area contributed by atoms with Gasteiger partial charge in [0.2, 0.25) is 5.91 Å². The number of benzene rings is 1. The van der Waals surface area contributed by atoms with Crippen molar-refractivity contribution in [1.82, 2.24) is 0 Å².